The minimum atomic E-state index is -4.32. The molecular formula is C27H26ClF3N4O2. The van der Waals surface area contributed by atoms with Gasteiger partial charge in [0, 0.05) is 61.5 Å². The zero-order valence-electron chi connectivity index (χ0n) is 20.3. The summed E-state index contributed by atoms with van der Waals surface area (Å²) in [5, 5.41) is 3.94. The van der Waals surface area contributed by atoms with E-state index >= 15 is 0 Å². The summed E-state index contributed by atoms with van der Waals surface area (Å²) in [6.07, 6.45) is 0.523. The normalized spacial score (nSPS) is 15.9. The Labute approximate surface area is 217 Å². The molecule has 4 aromatic rings. The fourth-order valence-corrected chi connectivity index (χ4v) is 4.83. The van der Waals surface area contributed by atoms with E-state index in [-0.39, 0.29) is 6.04 Å². The molecule has 10 heteroatoms. The van der Waals surface area contributed by atoms with Crippen molar-refractivity contribution >= 4 is 22.9 Å². The van der Waals surface area contributed by atoms with Gasteiger partial charge in [-0.15, -0.1) is 0 Å². The van der Waals surface area contributed by atoms with Gasteiger partial charge < -0.3 is 24.1 Å². The number of imidazole rings is 1. The summed E-state index contributed by atoms with van der Waals surface area (Å²) in [4.78, 5) is 7.08. The maximum absolute atomic E-state index is 12.8. The summed E-state index contributed by atoms with van der Waals surface area (Å²) in [7, 11) is 3.15. The highest BCUT2D eigenvalue weighted by molar-refractivity contribution is 6.32. The average Bonchev–Trinajstić information content (AvgIpc) is 3.54. The van der Waals surface area contributed by atoms with Gasteiger partial charge in [-0.05, 0) is 36.2 Å². The summed E-state index contributed by atoms with van der Waals surface area (Å²) in [6.45, 7) is 2.19. The molecular weight excluding hydrogens is 505 g/mol. The Hall–Kier alpha value is -3.43. The first-order valence-corrected chi connectivity index (χ1v) is 12.2. The summed E-state index contributed by atoms with van der Waals surface area (Å²) >= 11 is 6.35. The van der Waals surface area contributed by atoms with Crippen molar-refractivity contribution in [2.24, 2.45) is 0 Å². The summed E-state index contributed by atoms with van der Waals surface area (Å²) in [6, 6.07) is 13.2. The van der Waals surface area contributed by atoms with E-state index in [1.807, 2.05) is 22.9 Å². The van der Waals surface area contributed by atoms with Gasteiger partial charge >= 0.3 is 6.18 Å². The summed E-state index contributed by atoms with van der Waals surface area (Å²) < 4.78 is 51.1. The molecule has 37 heavy (non-hydrogen) atoms. The van der Waals surface area contributed by atoms with Crippen molar-refractivity contribution in [2.75, 3.05) is 32.2 Å². The minimum absolute atomic E-state index is 0.236. The van der Waals surface area contributed by atoms with E-state index in [9.17, 15) is 13.2 Å². The van der Waals surface area contributed by atoms with Crippen molar-refractivity contribution in [3.8, 4) is 22.8 Å². The van der Waals surface area contributed by atoms with Crippen LogP contribution in [-0.4, -0.2) is 42.7 Å². The Morgan fingerprint density at radius 2 is 1.81 bits per heavy atom. The Kier molecular flexibility index (Phi) is 6.92. The zero-order chi connectivity index (χ0) is 26.2. The standard InChI is InChI=1S/C27H26ClF3N4O2/c1-36-24-13-25(37-2)22(28)12-21(24)23-16-35-10-8-20(11-26(35)33-23)34-9-7-19(15-34)32-14-17-3-5-18(6-4-17)27(29,30)31/h3-6,8,10-13,16,19,32H,7,9,14-15H2,1-2H3/t19-/m0/s1. The molecule has 1 N–H and O–H groups in total. The maximum atomic E-state index is 12.8. The Morgan fingerprint density at radius 3 is 2.51 bits per heavy atom. The van der Waals surface area contributed by atoms with Gasteiger partial charge in [-0.1, -0.05) is 23.7 Å². The lowest BCUT2D eigenvalue weighted by molar-refractivity contribution is -0.137. The molecule has 1 aliphatic rings. The van der Waals surface area contributed by atoms with Crippen LogP contribution < -0.4 is 19.7 Å². The molecule has 0 radical (unpaired) electrons. The van der Waals surface area contributed by atoms with E-state index in [1.165, 1.54) is 12.1 Å². The van der Waals surface area contributed by atoms with Gasteiger partial charge in [-0.2, -0.15) is 13.2 Å². The van der Waals surface area contributed by atoms with Crippen molar-refractivity contribution in [2.45, 2.75) is 25.2 Å². The minimum Gasteiger partial charge on any atom is -0.496 e. The van der Waals surface area contributed by atoms with E-state index in [0.717, 1.165) is 59.8 Å². The molecule has 0 aliphatic carbocycles. The number of nitrogens with zero attached hydrogens (tertiary/aromatic N) is 3. The predicted molar refractivity (Wildman–Crippen MR) is 138 cm³/mol. The van der Waals surface area contributed by atoms with Crippen LogP contribution in [0, 0.1) is 0 Å². The Bertz CT molecular complexity index is 1410. The number of alkyl halides is 3. The second-order valence-electron chi connectivity index (χ2n) is 8.97. The van der Waals surface area contributed by atoms with Crippen molar-refractivity contribution in [3.63, 3.8) is 0 Å². The smallest absolute Gasteiger partial charge is 0.416 e. The van der Waals surface area contributed by atoms with Crippen LogP contribution in [0.4, 0.5) is 18.9 Å². The molecule has 5 rings (SSSR count). The number of anilines is 1. The number of hydrogen-bond acceptors (Lipinski definition) is 5. The fraction of sp³-hybridized carbons (Fsp3) is 0.296. The van der Waals surface area contributed by atoms with Crippen LogP contribution >= 0.6 is 11.6 Å². The first-order valence-electron chi connectivity index (χ1n) is 11.8. The van der Waals surface area contributed by atoms with E-state index < -0.39 is 11.7 Å². The van der Waals surface area contributed by atoms with Crippen LogP contribution in [0.3, 0.4) is 0 Å². The molecule has 3 heterocycles. The fourth-order valence-electron chi connectivity index (χ4n) is 4.59. The first kappa shape index (κ1) is 25.2. The van der Waals surface area contributed by atoms with Gasteiger partial charge in [-0.3, -0.25) is 0 Å². The SMILES string of the molecule is COc1cc(OC)c(-c2cn3ccc(N4CC[C@H](NCc5ccc(C(F)(F)F)cc5)C4)cc3n2)cc1Cl. The summed E-state index contributed by atoms with van der Waals surface area (Å²) in [5.41, 5.74) is 3.55. The predicted octanol–water partition coefficient (Wildman–Crippen LogP) is 6.06. The van der Waals surface area contributed by atoms with Crippen molar-refractivity contribution in [1.29, 1.82) is 0 Å². The van der Waals surface area contributed by atoms with Gasteiger partial charge in [0.15, 0.2) is 0 Å². The average molecular weight is 531 g/mol. The van der Waals surface area contributed by atoms with Crippen LogP contribution in [0.15, 0.2) is 60.9 Å². The zero-order valence-corrected chi connectivity index (χ0v) is 21.1. The molecule has 1 saturated heterocycles. The molecule has 194 valence electrons. The highest BCUT2D eigenvalue weighted by Crippen LogP contribution is 2.38. The van der Waals surface area contributed by atoms with Crippen LogP contribution in [0.2, 0.25) is 5.02 Å². The van der Waals surface area contributed by atoms with E-state index in [1.54, 1.807) is 26.4 Å². The molecule has 0 saturated carbocycles. The lowest BCUT2D eigenvalue weighted by Crippen LogP contribution is -2.32. The van der Waals surface area contributed by atoms with Crippen molar-refractivity contribution in [1.82, 2.24) is 14.7 Å². The molecule has 6 nitrogen and oxygen atoms in total. The molecule has 0 bridgehead atoms. The van der Waals surface area contributed by atoms with Gasteiger partial charge in [0.1, 0.15) is 17.1 Å². The molecule has 0 spiro atoms. The van der Waals surface area contributed by atoms with Gasteiger partial charge in [0.05, 0.1) is 30.5 Å². The second kappa shape index (κ2) is 10.1. The second-order valence-corrected chi connectivity index (χ2v) is 9.38. The lowest BCUT2D eigenvalue weighted by Gasteiger charge is -2.19. The van der Waals surface area contributed by atoms with E-state index in [0.29, 0.717) is 23.1 Å². The van der Waals surface area contributed by atoms with Gasteiger partial charge in [0.25, 0.3) is 0 Å². The largest absolute Gasteiger partial charge is 0.496 e. The van der Waals surface area contributed by atoms with Gasteiger partial charge in [-0.25, -0.2) is 4.98 Å². The number of benzene rings is 2. The maximum Gasteiger partial charge on any atom is 0.416 e. The number of fused-ring (bicyclic) bond motifs is 1. The number of pyridine rings is 1. The highest BCUT2D eigenvalue weighted by atomic mass is 35.5. The lowest BCUT2D eigenvalue weighted by atomic mass is 10.1. The molecule has 0 unspecified atom stereocenters. The van der Waals surface area contributed by atoms with E-state index in [2.05, 4.69) is 16.3 Å². The Morgan fingerprint density at radius 1 is 1.05 bits per heavy atom. The topological polar surface area (TPSA) is 51.0 Å². The number of halogens is 4. The molecule has 1 fully saturated rings. The highest BCUT2D eigenvalue weighted by Gasteiger charge is 2.30. The summed E-state index contributed by atoms with van der Waals surface area (Å²) in [5.74, 6) is 1.15. The molecule has 0 amide bonds. The number of nitrogens with one attached hydrogen (secondary N) is 1. The number of ether oxygens (including phenoxy) is 2. The van der Waals surface area contributed by atoms with E-state index in [4.69, 9.17) is 26.1 Å². The van der Waals surface area contributed by atoms with Crippen molar-refractivity contribution in [3.05, 3.63) is 77.1 Å². The third kappa shape index (κ3) is 5.33. The van der Waals surface area contributed by atoms with Crippen molar-refractivity contribution < 1.29 is 22.6 Å². The van der Waals surface area contributed by atoms with Crippen LogP contribution in [0.25, 0.3) is 16.9 Å². The molecule has 2 aromatic heterocycles. The van der Waals surface area contributed by atoms with Crippen LogP contribution in [-0.2, 0) is 12.7 Å². The number of rotatable bonds is 7. The monoisotopic (exact) mass is 530 g/mol. The molecule has 2 aromatic carbocycles. The number of aromatic nitrogens is 2. The Balaban J connectivity index is 1.27. The number of hydrogen-bond donors (Lipinski definition) is 1. The molecule has 1 atom stereocenters. The van der Waals surface area contributed by atoms with Crippen LogP contribution in [0.1, 0.15) is 17.5 Å². The number of methoxy groups -OCH3 is 2. The first-order chi connectivity index (χ1) is 17.7. The third-order valence-electron chi connectivity index (χ3n) is 6.62. The third-order valence-corrected chi connectivity index (χ3v) is 6.92. The van der Waals surface area contributed by atoms with Gasteiger partial charge in [0.2, 0.25) is 0 Å². The quantitative estimate of drug-likeness (QED) is 0.315. The molecule has 1 aliphatic heterocycles. The van der Waals surface area contributed by atoms with Crippen LogP contribution in [0.5, 0.6) is 11.5 Å².